The Bertz CT molecular complexity index is 123. The third kappa shape index (κ3) is 8.83. The minimum atomic E-state index is 0.781. The number of alkyl halides is 1. The maximum absolute atomic E-state index is 5.75. The Morgan fingerprint density at radius 3 is 2.00 bits per heavy atom. The number of halogens is 1. The van der Waals surface area contributed by atoms with Gasteiger partial charge in [-0.2, -0.15) is 0 Å². The lowest BCUT2D eigenvalue weighted by Crippen LogP contribution is -2.41. The van der Waals surface area contributed by atoms with Gasteiger partial charge < -0.3 is 4.48 Å². The Kier molecular flexibility index (Phi) is 8.70. The zero-order chi connectivity index (χ0) is 10.9. The van der Waals surface area contributed by atoms with Crippen molar-refractivity contribution in [3.8, 4) is 0 Å². The largest absolute Gasteiger partial charge is 0.327 e. The van der Waals surface area contributed by atoms with Crippen molar-refractivity contribution in [3.05, 3.63) is 0 Å². The third-order valence-electron chi connectivity index (χ3n) is 2.81. The van der Waals surface area contributed by atoms with Gasteiger partial charge in [-0.05, 0) is 12.8 Å². The van der Waals surface area contributed by atoms with Crippen molar-refractivity contribution in [2.24, 2.45) is 0 Å². The second-order valence-corrected chi connectivity index (χ2v) is 5.22. The Morgan fingerprint density at radius 1 is 0.857 bits per heavy atom. The highest BCUT2D eigenvalue weighted by molar-refractivity contribution is 6.17. The smallest absolute Gasteiger partial charge is 0.0920 e. The molecule has 0 aliphatic carbocycles. The SMILES string of the molecule is CCCCCCCC[N+](C)(C)CCCl. The summed E-state index contributed by atoms with van der Waals surface area (Å²) >= 11 is 5.75. The van der Waals surface area contributed by atoms with E-state index in [1.807, 2.05) is 0 Å². The molecule has 0 fully saturated rings. The van der Waals surface area contributed by atoms with Crippen molar-refractivity contribution in [2.45, 2.75) is 45.4 Å². The first kappa shape index (κ1) is 14.2. The van der Waals surface area contributed by atoms with E-state index in [1.54, 1.807) is 0 Å². The van der Waals surface area contributed by atoms with Gasteiger partial charge in [0.15, 0.2) is 0 Å². The monoisotopic (exact) mass is 220 g/mol. The van der Waals surface area contributed by atoms with Crippen molar-refractivity contribution in [3.63, 3.8) is 0 Å². The number of hydrogen-bond donors (Lipinski definition) is 0. The van der Waals surface area contributed by atoms with E-state index in [1.165, 1.54) is 45.1 Å². The van der Waals surface area contributed by atoms with Crippen LogP contribution >= 0.6 is 11.6 Å². The first-order valence-corrected chi connectivity index (χ1v) is 6.54. The standard InChI is InChI=1S/C12H27ClN/c1-4-5-6-7-8-9-11-14(2,3)12-10-13/h4-12H2,1-3H3/q+1. The Labute approximate surface area is 95.0 Å². The van der Waals surface area contributed by atoms with Crippen LogP contribution in [-0.4, -0.2) is 37.5 Å². The van der Waals surface area contributed by atoms with E-state index in [9.17, 15) is 0 Å². The minimum Gasteiger partial charge on any atom is -0.327 e. The summed E-state index contributed by atoms with van der Waals surface area (Å²) in [5.41, 5.74) is 0. The summed E-state index contributed by atoms with van der Waals surface area (Å²) in [7, 11) is 4.54. The highest BCUT2D eigenvalue weighted by Gasteiger charge is 2.12. The Hall–Kier alpha value is 0.250. The van der Waals surface area contributed by atoms with Gasteiger partial charge in [0.2, 0.25) is 0 Å². The molecule has 0 atom stereocenters. The molecule has 0 bridgehead atoms. The van der Waals surface area contributed by atoms with Crippen molar-refractivity contribution in [1.29, 1.82) is 0 Å². The average molecular weight is 221 g/mol. The van der Waals surface area contributed by atoms with E-state index >= 15 is 0 Å². The van der Waals surface area contributed by atoms with E-state index in [-0.39, 0.29) is 0 Å². The lowest BCUT2D eigenvalue weighted by molar-refractivity contribution is -0.888. The predicted octanol–water partition coefficient (Wildman–Crippen LogP) is 3.66. The van der Waals surface area contributed by atoms with Gasteiger partial charge in [-0.3, -0.25) is 0 Å². The van der Waals surface area contributed by atoms with Gasteiger partial charge in [0, 0.05) is 0 Å². The molecule has 0 aliphatic heterocycles. The van der Waals surface area contributed by atoms with Crippen LogP contribution in [0.1, 0.15) is 45.4 Å². The van der Waals surface area contributed by atoms with E-state index in [2.05, 4.69) is 21.0 Å². The molecule has 0 amide bonds. The number of rotatable bonds is 9. The van der Waals surface area contributed by atoms with Crippen LogP contribution in [0, 0.1) is 0 Å². The zero-order valence-electron chi connectivity index (χ0n) is 10.2. The molecule has 0 aromatic heterocycles. The molecule has 0 N–H and O–H groups in total. The van der Waals surface area contributed by atoms with Crippen molar-refractivity contribution >= 4 is 11.6 Å². The third-order valence-corrected chi connectivity index (χ3v) is 2.98. The summed E-state index contributed by atoms with van der Waals surface area (Å²) < 4.78 is 1.08. The second kappa shape index (κ2) is 8.55. The summed E-state index contributed by atoms with van der Waals surface area (Å²) in [4.78, 5) is 0. The van der Waals surface area contributed by atoms with E-state index in [0.29, 0.717) is 0 Å². The fraction of sp³-hybridized carbons (Fsp3) is 1.00. The maximum Gasteiger partial charge on any atom is 0.0920 e. The molecule has 0 aromatic carbocycles. The van der Waals surface area contributed by atoms with Crippen molar-refractivity contribution in [1.82, 2.24) is 0 Å². The number of unbranched alkanes of at least 4 members (excludes halogenated alkanes) is 5. The number of nitrogens with zero attached hydrogens (tertiary/aromatic N) is 1. The normalized spacial score (nSPS) is 12.0. The molecule has 0 unspecified atom stereocenters. The quantitative estimate of drug-likeness (QED) is 0.316. The van der Waals surface area contributed by atoms with Crippen LogP contribution in [0.4, 0.5) is 0 Å². The van der Waals surface area contributed by atoms with Crippen LogP contribution in [0.3, 0.4) is 0 Å². The van der Waals surface area contributed by atoms with Crippen LogP contribution < -0.4 is 0 Å². The van der Waals surface area contributed by atoms with Gasteiger partial charge in [-0.15, -0.1) is 11.6 Å². The predicted molar refractivity (Wildman–Crippen MR) is 65.9 cm³/mol. The lowest BCUT2D eigenvalue weighted by atomic mass is 10.1. The van der Waals surface area contributed by atoms with Gasteiger partial charge in [0.05, 0.1) is 33.1 Å². The molecule has 14 heavy (non-hydrogen) atoms. The van der Waals surface area contributed by atoms with Crippen LogP contribution in [-0.2, 0) is 0 Å². The second-order valence-electron chi connectivity index (χ2n) is 4.84. The number of quaternary nitrogens is 1. The highest BCUT2D eigenvalue weighted by Crippen LogP contribution is 2.08. The van der Waals surface area contributed by atoms with Crippen molar-refractivity contribution < 1.29 is 4.48 Å². The summed E-state index contributed by atoms with van der Waals surface area (Å²) in [6, 6.07) is 0. The van der Waals surface area contributed by atoms with E-state index < -0.39 is 0 Å². The molecule has 0 saturated carbocycles. The molecule has 0 aromatic rings. The van der Waals surface area contributed by atoms with Crippen LogP contribution in [0.15, 0.2) is 0 Å². The highest BCUT2D eigenvalue weighted by atomic mass is 35.5. The van der Waals surface area contributed by atoms with E-state index in [4.69, 9.17) is 11.6 Å². The Morgan fingerprint density at radius 2 is 1.43 bits per heavy atom. The summed E-state index contributed by atoms with van der Waals surface area (Å²) in [5.74, 6) is 0.781. The summed E-state index contributed by atoms with van der Waals surface area (Å²) in [6.45, 7) is 4.63. The van der Waals surface area contributed by atoms with Gasteiger partial charge in [0.1, 0.15) is 0 Å². The van der Waals surface area contributed by atoms with Gasteiger partial charge in [0.25, 0.3) is 0 Å². The zero-order valence-corrected chi connectivity index (χ0v) is 10.9. The van der Waals surface area contributed by atoms with Crippen LogP contribution in [0.2, 0.25) is 0 Å². The molecule has 0 rings (SSSR count). The summed E-state index contributed by atoms with van der Waals surface area (Å²) in [5, 5.41) is 0. The molecular weight excluding hydrogens is 194 g/mol. The topological polar surface area (TPSA) is 0 Å². The first-order chi connectivity index (χ1) is 6.62. The maximum atomic E-state index is 5.75. The lowest BCUT2D eigenvalue weighted by Gasteiger charge is -2.28. The van der Waals surface area contributed by atoms with E-state index in [0.717, 1.165) is 16.9 Å². The minimum absolute atomic E-state index is 0.781. The molecule has 0 saturated heterocycles. The Balaban J connectivity index is 3.26. The molecule has 0 heterocycles. The molecule has 0 radical (unpaired) electrons. The molecule has 0 aliphatic rings. The van der Waals surface area contributed by atoms with Gasteiger partial charge in [-0.25, -0.2) is 0 Å². The van der Waals surface area contributed by atoms with Gasteiger partial charge >= 0.3 is 0 Å². The molecule has 1 nitrogen and oxygen atoms in total. The fourth-order valence-corrected chi connectivity index (χ4v) is 2.12. The van der Waals surface area contributed by atoms with Crippen molar-refractivity contribution in [2.75, 3.05) is 33.1 Å². The summed E-state index contributed by atoms with van der Waals surface area (Å²) in [6.07, 6.45) is 8.32. The van der Waals surface area contributed by atoms with Crippen LogP contribution in [0.5, 0.6) is 0 Å². The molecular formula is C12H27ClN+. The fourth-order valence-electron chi connectivity index (χ4n) is 1.66. The number of hydrogen-bond acceptors (Lipinski definition) is 0. The van der Waals surface area contributed by atoms with Crippen LogP contribution in [0.25, 0.3) is 0 Å². The van der Waals surface area contributed by atoms with Gasteiger partial charge in [-0.1, -0.05) is 32.6 Å². The molecule has 0 spiro atoms. The molecule has 2 heteroatoms. The average Bonchev–Trinajstić information content (AvgIpc) is 2.11. The first-order valence-electron chi connectivity index (χ1n) is 6.00. The molecule has 86 valence electrons.